The molecule has 24 heavy (non-hydrogen) atoms. The number of ketones is 1. The van der Waals surface area contributed by atoms with E-state index < -0.39 is 5.82 Å². The zero-order valence-corrected chi connectivity index (χ0v) is 13.1. The van der Waals surface area contributed by atoms with Crippen LogP contribution in [0.5, 0.6) is 0 Å². The minimum absolute atomic E-state index is 0.00452. The van der Waals surface area contributed by atoms with Crippen LogP contribution in [0.1, 0.15) is 21.5 Å². The van der Waals surface area contributed by atoms with Crippen molar-refractivity contribution in [3.63, 3.8) is 0 Å². The maximum atomic E-state index is 13.7. The van der Waals surface area contributed by atoms with Crippen molar-refractivity contribution in [3.8, 4) is 11.1 Å². The molecule has 1 heterocycles. The van der Waals surface area contributed by atoms with Crippen LogP contribution in [0.3, 0.4) is 0 Å². The molecule has 2 N–H and O–H groups in total. The monoisotopic (exact) mass is 320 g/mol. The van der Waals surface area contributed by atoms with E-state index in [2.05, 4.69) is 4.98 Å². The van der Waals surface area contributed by atoms with Crippen molar-refractivity contribution in [2.24, 2.45) is 5.73 Å². The van der Waals surface area contributed by atoms with Gasteiger partial charge in [-0.15, -0.1) is 0 Å². The van der Waals surface area contributed by atoms with Gasteiger partial charge in [0, 0.05) is 24.7 Å². The summed E-state index contributed by atoms with van der Waals surface area (Å²) in [6, 6.07) is 16.7. The number of nitrogens with zero attached hydrogens (tertiary/aromatic N) is 1. The Morgan fingerprint density at radius 3 is 2.54 bits per heavy atom. The van der Waals surface area contributed by atoms with E-state index in [-0.39, 0.29) is 12.2 Å². The second-order valence-corrected chi connectivity index (χ2v) is 5.51. The molecule has 0 amide bonds. The summed E-state index contributed by atoms with van der Waals surface area (Å²) in [6.45, 7) is 0.387. The highest BCUT2D eigenvalue weighted by molar-refractivity contribution is 5.98. The number of rotatable bonds is 5. The molecular weight excluding hydrogens is 303 g/mol. The predicted octanol–water partition coefficient (Wildman–Crippen LogP) is 3.77. The summed E-state index contributed by atoms with van der Waals surface area (Å²) in [5, 5.41) is 0. The molecule has 0 spiro atoms. The number of Topliss-reactive ketones (excluding diaryl/α,β-unsaturated/α-hetero) is 1. The molecule has 0 saturated heterocycles. The third kappa shape index (κ3) is 3.39. The number of carbonyl (C=O) groups excluding carboxylic acids is 1. The fourth-order valence-corrected chi connectivity index (χ4v) is 2.64. The highest BCUT2D eigenvalue weighted by Gasteiger charge is 2.13. The first-order chi connectivity index (χ1) is 11.7. The summed E-state index contributed by atoms with van der Waals surface area (Å²) in [6.07, 6.45) is 2.61. The van der Waals surface area contributed by atoms with E-state index in [1.165, 1.54) is 12.3 Å². The Kier molecular flexibility index (Phi) is 4.77. The second kappa shape index (κ2) is 7.15. The van der Waals surface area contributed by atoms with Crippen LogP contribution in [0.2, 0.25) is 0 Å². The second-order valence-electron chi connectivity index (χ2n) is 5.51. The highest BCUT2D eigenvalue weighted by Crippen LogP contribution is 2.25. The van der Waals surface area contributed by atoms with Crippen molar-refractivity contribution in [2.75, 3.05) is 0 Å². The summed E-state index contributed by atoms with van der Waals surface area (Å²) in [4.78, 5) is 16.2. The molecule has 0 fully saturated rings. The fraction of sp³-hybridized carbons (Fsp3) is 0.100. The van der Waals surface area contributed by atoms with Gasteiger partial charge in [0.05, 0.1) is 6.20 Å². The van der Waals surface area contributed by atoms with Crippen LogP contribution < -0.4 is 5.73 Å². The lowest BCUT2D eigenvalue weighted by Gasteiger charge is -2.11. The lowest BCUT2D eigenvalue weighted by atomic mass is 9.94. The summed E-state index contributed by atoms with van der Waals surface area (Å²) < 4.78 is 13.7. The minimum atomic E-state index is -0.465. The molecule has 3 aromatic rings. The van der Waals surface area contributed by atoms with E-state index in [4.69, 9.17) is 5.73 Å². The van der Waals surface area contributed by atoms with Crippen LogP contribution in [0.4, 0.5) is 4.39 Å². The van der Waals surface area contributed by atoms with Crippen molar-refractivity contribution >= 4 is 5.78 Å². The molecule has 0 bridgehead atoms. The largest absolute Gasteiger partial charge is 0.326 e. The Balaban J connectivity index is 1.94. The lowest BCUT2D eigenvalue weighted by molar-refractivity contribution is 0.0992. The van der Waals surface area contributed by atoms with Crippen LogP contribution in [0, 0.1) is 5.82 Å². The Morgan fingerprint density at radius 1 is 1.04 bits per heavy atom. The average molecular weight is 320 g/mol. The first-order valence-corrected chi connectivity index (χ1v) is 7.69. The molecule has 120 valence electrons. The standard InChI is InChI=1S/C20H17FN2O/c21-19-13-23-9-8-15(19)11-20(24)16-6-7-17(12-22)18(10-16)14-4-2-1-3-5-14/h1-10,13H,11-12,22H2. The molecule has 4 heteroatoms. The first kappa shape index (κ1) is 16.0. The van der Waals surface area contributed by atoms with Gasteiger partial charge in [-0.1, -0.05) is 42.5 Å². The van der Waals surface area contributed by atoms with Gasteiger partial charge in [-0.25, -0.2) is 4.39 Å². The first-order valence-electron chi connectivity index (χ1n) is 7.69. The van der Waals surface area contributed by atoms with E-state index in [0.29, 0.717) is 17.7 Å². The Morgan fingerprint density at radius 2 is 1.83 bits per heavy atom. The Labute approximate surface area is 140 Å². The van der Waals surface area contributed by atoms with E-state index >= 15 is 0 Å². The van der Waals surface area contributed by atoms with Gasteiger partial charge >= 0.3 is 0 Å². The van der Waals surface area contributed by atoms with E-state index in [9.17, 15) is 9.18 Å². The van der Waals surface area contributed by atoms with Crippen LogP contribution in [0.15, 0.2) is 67.0 Å². The SMILES string of the molecule is NCc1ccc(C(=O)Cc2ccncc2F)cc1-c1ccccc1. The molecule has 3 nitrogen and oxygen atoms in total. The summed E-state index contributed by atoms with van der Waals surface area (Å²) >= 11 is 0. The van der Waals surface area contributed by atoms with Crippen LogP contribution in [-0.4, -0.2) is 10.8 Å². The molecule has 2 aromatic carbocycles. The van der Waals surface area contributed by atoms with Gasteiger partial charge in [0.2, 0.25) is 0 Å². The molecule has 0 unspecified atom stereocenters. The third-order valence-electron chi connectivity index (χ3n) is 3.94. The topological polar surface area (TPSA) is 56.0 Å². The van der Waals surface area contributed by atoms with Crippen molar-refractivity contribution in [1.29, 1.82) is 0 Å². The Hall–Kier alpha value is -2.85. The van der Waals surface area contributed by atoms with Crippen molar-refractivity contribution in [2.45, 2.75) is 13.0 Å². The van der Waals surface area contributed by atoms with Crippen LogP contribution >= 0.6 is 0 Å². The summed E-state index contributed by atoms with van der Waals surface area (Å²) in [5.74, 6) is -0.603. The maximum absolute atomic E-state index is 13.7. The Bertz CT molecular complexity index is 863. The number of benzene rings is 2. The fourth-order valence-electron chi connectivity index (χ4n) is 2.64. The van der Waals surface area contributed by atoms with Crippen molar-refractivity contribution in [1.82, 2.24) is 4.98 Å². The van der Waals surface area contributed by atoms with Gasteiger partial charge < -0.3 is 5.73 Å². The molecule has 0 radical (unpaired) electrons. The van der Waals surface area contributed by atoms with Gasteiger partial charge in [-0.3, -0.25) is 9.78 Å². The zero-order chi connectivity index (χ0) is 16.9. The van der Waals surface area contributed by atoms with Gasteiger partial charge in [0.25, 0.3) is 0 Å². The minimum Gasteiger partial charge on any atom is -0.326 e. The number of carbonyl (C=O) groups is 1. The quantitative estimate of drug-likeness (QED) is 0.728. The normalized spacial score (nSPS) is 10.6. The van der Waals surface area contributed by atoms with Gasteiger partial charge in [0.15, 0.2) is 5.78 Å². The summed E-state index contributed by atoms with van der Waals surface area (Å²) in [7, 11) is 0. The number of pyridine rings is 1. The van der Waals surface area contributed by atoms with Crippen molar-refractivity contribution < 1.29 is 9.18 Å². The van der Waals surface area contributed by atoms with E-state index in [0.717, 1.165) is 22.9 Å². The van der Waals surface area contributed by atoms with Crippen molar-refractivity contribution in [3.05, 3.63) is 89.5 Å². The number of hydrogen-bond acceptors (Lipinski definition) is 3. The summed E-state index contributed by atoms with van der Waals surface area (Å²) in [5.41, 5.74) is 9.60. The molecular formula is C20H17FN2O. The third-order valence-corrected chi connectivity index (χ3v) is 3.94. The molecule has 0 atom stereocenters. The number of hydrogen-bond donors (Lipinski definition) is 1. The number of nitrogens with two attached hydrogens (primary N) is 1. The molecule has 0 aliphatic heterocycles. The average Bonchev–Trinajstić information content (AvgIpc) is 2.63. The van der Waals surface area contributed by atoms with E-state index in [1.54, 1.807) is 6.07 Å². The molecule has 1 aromatic heterocycles. The molecule has 0 saturated carbocycles. The molecule has 0 aliphatic rings. The maximum Gasteiger partial charge on any atom is 0.167 e. The van der Waals surface area contributed by atoms with Crippen LogP contribution in [-0.2, 0) is 13.0 Å². The van der Waals surface area contributed by atoms with Gasteiger partial charge in [-0.05, 0) is 34.4 Å². The predicted molar refractivity (Wildman–Crippen MR) is 92.0 cm³/mol. The highest BCUT2D eigenvalue weighted by atomic mass is 19.1. The van der Waals surface area contributed by atoms with Crippen LogP contribution in [0.25, 0.3) is 11.1 Å². The van der Waals surface area contributed by atoms with Gasteiger partial charge in [-0.2, -0.15) is 0 Å². The smallest absolute Gasteiger partial charge is 0.167 e. The van der Waals surface area contributed by atoms with E-state index in [1.807, 2.05) is 42.5 Å². The molecule has 3 rings (SSSR count). The number of halogens is 1. The number of aromatic nitrogens is 1. The zero-order valence-electron chi connectivity index (χ0n) is 13.1. The molecule has 0 aliphatic carbocycles. The lowest BCUT2D eigenvalue weighted by Crippen LogP contribution is -2.07. The van der Waals surface area contributed by atoms with Gasteiger partial charge in [0.1, 0.15) is 5.82 Å².